The lowest BCUT2D eigenvalue weighted by Crippen LogP contribution is -2.19. The van der Waals surface area contributed by atoms with Crippen LogP contribution in [0.15, 0.2) is 36.7 Å². The second-order valence-electron chi connectivity index (χ2n) is 3.78. The summed E-state index contributed by atoms with van der Waals surface area (Å²) in [6, 6.07) is 5.04. The minimum Gasteiger partial charge on any atom is -0.309 e. The summed E-state index contributed by atoms with van der Waals surface area (Å²) in [5, 5.41) is 3.31. The van der Waals surface area contributed by atoms with Crippen LogP contribution in [0.2, 0.25) is 5.02 Å². The van der Waals surface area contributed by atoms with Gasteiger partial charge in [0.25, 0.3) is 0 Å². The lowest BCUT2D eigenvalue weighted by Gasteiger charge is -2.19. The fourth-order valence-corrected chi connectivity index (χ4v) is 2.06. The van der Waals surface area contributed by atoms with Gasteiger partial charge in [0.1, 0.15) is 11.6 Å². The van der Waals surface area contributed by atoms with Crippen LogP contribution < -0.4 is 5.32 Å². The Morgan fingerprint density at radius 2 is 2.00 bits per heavy atom. The predicted octanol–water partition coefficient (Wildman–Crippen LogP) is 3.32. The zero-order valence-electron chi connectivity index (χ0n) is 9.62. The van der Waals surface area contributed by atoms with Crippen LogP contribution in [-0.2, 0) is 0 Å². The summed E-state index contributed by atoms with van der Waals surface area (Å²) in [5.74, 6) is -0.874. The SMILES string of the molecule is CNC(c1ccncc1F)c1cc(F)ccc1Cl. The number of nitrogens with zero attached hydrogens (tertiary/aromatic N) is 1. The van der Waals surface area contributed by atoms with Gasteiger partial charge in [0.2, 0.25) is 0 Å². The lowest BCUT2D eigenvalue weighted by atomic mass is 9.99. The summed E-state index contributed by atoms with van der Waals surface area (Å²) in [4.78, 5) is 3.69. The van der Waals surface area contributed by atoms with Crippen molar-refractivity contribution in [2.45, 2.75) is 6.04 Å². The van der Waals surface area contributed by atoms with Gasteiger partial charge in [-0.15, -0.1) is 0 Å². The summed E-state index contributed by atoms with van der Waals surface area (Å²) in [5.41, 5.74) is 0.865. The van der Waals surface area contributed by atoms with Crippen LogP contribution in [0.25, 0.3) is 0 Å². The van der Waals surface area contributed by atoms with Gasteiger partial charge in [-0.1, -0.05) is 11.6 Å². The predicted molar refractivity (Wildman–Crippen MR) is 66.5 cm³/mol. The van der Waals surface area contributed by atoms with Crippen LogP contribution in [0.1, 0.15) is 17.2 Å². The van der Waals surface area contributed by atoms with Crippen molar-refractivity contribution in [3.05, 3.63) is 64.4 Å². The molecule has 0 aliphatic rings. The monoisotopic (exact) mass is 268 g/mol. The fraction of sp³-hybridized carbons (Fsp3) is 0.154. The molecule has 0 amide bonds. The molecule has 0 aliphatic carbocycles. The van der Waals surface area contributed by atoms with Gasteiger partial charge in [-0.3, -0.25) is 4.98 Å². The highest BCUT2D eigenvalue weighted by molar-refractivity contribution is 6.31. The molecule has 0 spiro atoms. The maximum atomic E-state index is 13.7. The summed E-state index contributed by atoms with van der Waals surface area (Å²) in [7, 11) is 1.66. The Hall–Kier alpha value is -1.52. The third kappa shape index (κ3) is 2.49. The van der Waals surface area contributed by atoms with E-state index < -0.39 is 17.7 Å². The molecule has 1 heterocycles. The molecule has 0 saturated heterocycles. The van der Waals surface area contributed by atoms with Crippen molar-refractivity contribution in [2.24, 2.45) is 0 Å². The Balaban J connectivity index is 2.52. The van der Waals surface area contributed by atoms with Crippen molar-refractivity contribution >= 4 is 11.6 Å². The number of benzene rings is 1. The van der Waals surface area contributed by atoms with Gasteiger partial charge in [0.15, 0.2) is 0 Å². The van der Waals surface area contributed by atoms with Crippen molar-refractivity contribution in [1.82, 2.24) is 10.3 Å². The second-order valence-corrected chi connectivity index (χ2v) is 4.19. The van der Waals surface area contributed by atoms with Crippen LogP contribution >= 0.6 is 11.6 Å². The second kappa shape index (κ2) is 5.42. The first kappa shape index (κ1) is 12.9. The van der Waals surface area contributed by atoms with Gasteiger partial charge < -0.3 is 5.32 Å². The van der Waals surface area contributed by atoms with E-state index in [0.717, 1.165) is 6.20 Å². The molecule has 0 aliphatic heterocycles. The molecular weight excluding hydrogens is 258 g/mol. The largest absolute Gasteiger partial charge is 0.309 e. The van der Waals surface area contributed by atoms with Crippen LogP contribution in [-0.4, -0.2) is 12.0 Å². The maximum Gasteiger partial charge on any atom is 0.146 e. The minimum atomic E-state index is -0.517. The molecule has 0 saturated carbocycles. The van der Waals surface area contributed by atoms with Gasteiger partial charge in [-0.2, -0.15) is 0 Å². The summed E-state index contributed by atoms with van der Waals surface area (Å²) >= 11 is 6.03. The topological polar surface area (TPSA) is 24.9 Å². The molecule has 1 unspecified atom stereocenters. The number of rotatable bonds is 3. The highest BCUT2D eigenvalue weighted by atomic mass is 35.5. The third-order valence-electron chi connectivity index (χ3n) is 2.67. The van der Waals surface area contributed by atoms with Crippen LogP contribution in [0.3, 0.4) is 0 Å². The molecule has 5 heteroatoms. The zero-order valence-corrected chi connectivity index (χ0v) is 10.4. The highest BCUT2D eigenvalue weighted by Crippen LogP contribution is 2.29. The van der Waals surface area contributed by atoms with Crippen molar-refractivity contribution in [3.63, 3.8) is 0 Å². The smallest absolute Gasteiger partial charge is 0.146 e. The van der Waals surface area contributed by atoms with Gasteiger partial charge >= 0.3 is 0 Å². The molecule has 0 bridgehead atoms. The van der Waals surface area contributed by atoms with E-state index >= 15 is 0 Å². The van der Waals surface area contributed by atoms with Crippen molar-refractivity contribution in [2.75, 3.05) is 7.05 Å². The van der Waals surface area contributed by atoms with E-state index in [9.17, 15) is 8.78 Å². The molecule has 2 rings (SSSR count). The molecule has 1 aromatic heterocycles. The molecule has 1 atom stereocenters. The first-order valence-electron chi connectivity index (χ1n) is 5.35. The van der Waals surface area contributed by atoms with Crippen LogP contribution in [0.5, 0.6) is 0 Å². The molecule has 2 aromatic rings. The van der Waals surface area contributed by atoms with Crippen molar-refractivity contribution < 1.29 is 8.78 Å². The average Bonchev–Trinajstić information content (AvgIpc) is 2.36. The Kier molecular flexibility index (Phi) is 3.89. The molecule has 1 N–H and O–H groups in total. The first-order chi connectivity index (χ1) is 8.63. The van der Waals surface area contributed by atoms with E-state index in [2.05, 4.69) is 10.3 Å². The normalized spacial score (nSPS) is 12.4. The number of hydrogen-bond donors (Lipinski definition) is 1. The molecule has 94 valence electrons. The summed E-state index contributed by atoms with van der Waals surface area (Å²) in [6.45, 7) is 0. The Labute approximate surface area is 109 Å². The average molecular weight is 269 g/mol. The molecule has 1 aromatic carbocycles. The van der Waals surface area contributed by atoms with Crippen molar-refractivity contribution in [3.8, 4) is 0 Å². The summed E-state index contributed by atoms with van der Waals surface area (Å²) < 4.78 is 27.0. The van der Waals surface area contributed by atoms with Crippen LogP contribution in [0.4, 0.5) is 8.78 Å². The zero-order chi connectivity index (χ0) is 13.1. The highest BCUT2D eigenvalue weighted by Gasteiger charge is 2.19. The van der Waals surface area contributed by atoms with E-state index in [-0.39, 0.29) is 0 Å². The first-order valence-corrected chi connectivity index (χ1v) is 5.73. The molecule has 18 heavy (non-hydrogen) atoms. The van der Waals surface area contributed by atoms with E-state index in [0.29, 0.717) is 16.1 Å². The van der Waals surface area contributed by atoms with E-state index in [1.165, 1.54) is 30.5 Å². The molecule has 2 nitrogen and oxygen atoms in total. The van der Waals surface area contributed by atoms with Gasteiger partial charge in [0, 0.05) is 16.8 Å². The van der Waals surface area contributed by atoms with Gasteiger partial charge in [-0.25, -0.2) is 8.78 Å². The standard InChI is InChI=1S/C13H11ClF2N2/c1-17-13(9-4-5-18-7-12(9)16)10-6-8(15)2-3-11(10)14/h2-7,13,17H,1H3. The van der Waals surface area contributed by atoms with Crippen molar-refractivity contribution in [1.29, 1.82) is 0 Å². The number of nitrogens with one attached hydrogen (secondary N) is 1. The Bertz CT molecular complexity index is 560. The maximum absolute atomic E-state index is 13.7. The summed E-state index contributed by atoms with van der Waals surface area (Å²) in [6.07, 6.45) is 2.60. The fourth-order valence-electron chi connectivity index (χ4n) is 1.83. The van der Waals surface area contributed by atoms with E-state index in [4.69, 9.17) is 11.6 Å². The number of pyridine rings is 1. The Morgan fingerprint density at radius 3 is 2.67 bits per heavy atom. The quantitative estimate of drug-likeness (QED) is 0.924. The Morgan fingerprint density at radius 1 is 1.22 bits per heavy atom. The molecule has 0 fully saturated rings. The lowest BCUT2D eigenvalue weighted by molar-refractivity contribution is 0.567. The van der Waals surface area contributed by atoms with E-state index in [1.54, 1.807) is 7.05 Å². The van der Waals surface area contributed by atoms with Crippen LogP contribution in [0, 0.1) is 11.6 Å². The third-order valence-corrected chi connectivity index (χ3v) is 3.02. The number of hydrogen-bond acceptors (Lipinski definition) is 2. The number of aromatic nitrogens is 1. The number of halogens is 3. The molecular formula is C13H11ClF2N2. The van der Waals surface area contributed by atoms with E-state index in [1.807, 2.05) is 0 Å². The van der Waals surface area contributed by atoms with Gasteiger partial charge in [0.05, 0.1) is 12.2 Å². The minimum absolute atomic E-state index is 0.375. The molecule has 0 radical (unpaired) electrons. The van der Waals surface area contributed by atoms with Gasteiger partial charge in [-0.05, 0) is 36.9 Å².